The van der Waals surface area contributed by atoms with Crippen LogP contribution < -0.4 is 0 Å². The lowest BCUT2D eigenvalue weighted by molar-refractivity contribution is -0.137. The van der Waals surface area contributed by atoms with E-state index in [1.165, 1.54) is 17.7 Å². The Bertz CT molecular complexity index is 493. The third-order valence-electron chi connectivity index (χ3n) is 3.11. The van der Waals surface area contributed by atoms with Crippen molar-refractivity contribution in [1.29, 1.82) is 0 Å². The largest absolute Gasteiger partial charge is 0.416 e. The molecule has 1 aromatic rings. The second-order valence-electron chi connectivity index (χ2n) is 4.49. The Morgan fingerprint density at radius 3 is 2.00 bits per heavy atom. The van der Waals surface area contributed by atoms with E-state index < -0.39 is 11.7 Å². The second kappa shape index (κ2) is 6.04. The molecule has 0 aliphatic rings. The van der Waals surface area contributed by atoms with Crippen molar-refractivity contribution in [3.8, 4) is 0 Å². The highest BCUT2D eigenvalue weighted by Crippen LogP contribution is 2.29. The molecule has 0 aromatic heterocycles. The number of halogens is 3. The minimum Gasteiger partial charge on any atom is -0.258 e. The quantitative estimate of drug-likeness (QED) is 0.667. The number of allylic oxidation sites excluding steroid dienone is 2. The van der Waals surface area contributed by atoms with Crippen LogP contribution in [0.2, 0.25) is 0 Å². The lowest BCUT2D eigenvalue weighted by Gasteiger charge is -2.08. The van der Waals surface area contributed by atoms with Crippen molar-refractivity contribution in [2.45, 2.75) is 40.3 Å². The predicted octanol–water partition coefficient (Wildman–Crippen LogP) is 5.22. The Morgan fingerprint density at radius 2 is 1.58 bits per heavy atom. The summed E-state index contributed by atoms with van der Waals surface area (Å²) in [6.07, 6.45) is -3.38. The molecular formula is C15H18F3N. The lowest BCUT2D eigenvalue weighted by atomic mass is 10.1. The van der Waals surface area contributed by atoms with Crippen LogP contribution in [-0.2, 0) is 6.18 Å². The molecule has 0 N–H and O–H groups in total. The monoisotopic (exact) mass is 269 g/mol. The zero-order valence-electron chi connectivity index (χ0n) is 11.6. The number of aliphatic imine (C=N–C) groups is 1. The molecule has 0 fully saturated rings. The van der Waals surface area contributed by atoms with Crippen LogP contribution in [0.3, 0.4) is 0 Å². The first-order valence-corrected chi connectivity index (χ1v) is 6.15. The van der Waals surface area contributed by atoms with Gasteiger partial charge in [0, 0.05) is 11.4 Å². The Morgan fingerprint density at radius 1 is 1.05 bits per heavy atom. The smallest absolute Gasteiger partial charge is 0.258 e. The molecule has 0 amide bonds. The molecule has 104 valence electrons. The first-order valence-electron chi connectivity index (χ1n) is 6.15. The van der Waals surface area contributed by atoms with Gasteiger partial charge >= 0.3 is 6.18 Å². The summed E-state index contributed by atoms with van der Waals surface area (Å²) in [5, 5.41) is 0. The Labute approximate surface area is 111 Å². The second-order valence-corrected chi connectivity index (χ2v) is 4.49. The van der Waals surface area contributed by atoms with Crippen molar-refractivity contribution >= 4 is 5.71 Å². The molecule has 0 aliphatic carbocycles. The fraction of sp³-hybridized carbons (Fsp3) is 0.400. The standard InChI is InChI=1S/C15H18F3N/c1-5-10(2)11(3)19-12(4)13-6-8-14(9-7-13)15(16,17)18/h6-9H,5H2,1-4H3/b11-10+,19-12+. The van der Waals surface area contributed by atoms with E-state index in [1.54, 1.807) is 6.92 Å². The van der Waals surface area contributed by atoms with Gasteiger partial charge in [0.15, 0.2) is 0 Å². The van der Waals surface area contributed by atoms with Gasteiger partial charge in [-0.05, 0) is 44.9 Å². The third kappa shape index (κ3) is 4.23. The molecule has 1 nitrogen and oxygen atoms in total. The fourth-order valence-electron chi connectivity index (χ4n) is 1.57. The van der Waals surface area contributed by atoms with Gasteiger partial charge in [-0.3, -0.25) is 4.99 Å². The molecule has 0 radical (unpaired) electrons. The van der Waals surface area contributed by atoms with E-state index in [2.05, 4.69) is 4.99 Å². The van der Waals surface area contributed by atoms with E-state index in [0.717, 1.165) is 30.0 Å². The maximum atomic E-state index is 12.4. The van der Waals surface area contributed by atoms with Crippen LogP contribution in [0.4, 0.5) is 13.2 Å². The highest BCUT2D eigenvalue weighted by Gasteiger charge is 2.29. The van der Waals surface area contributed by atoms with Crippen LogP contribution in [0.25, 0.3) is 0 Å². The van der Waals surface area contributed by atoms with E-state index in [9.17, 15) is 13.2 Å². The van der Waals surface area contributed by atoms with Crippen LogP contribution in [0.1, 0.15) is 45.2 Å². The van der Waals surface area contributed by atoms with E-state index in [1.807, 2.05) is 20.8 Å². The molecule has 4 heteroatoms. The van der Waals surface area contributed by atoms with Gasteiger partial charge in [-0.25, -0.2) is 0 Å². The Balaban J connectivity index is 3.02. The van der Waals surface area contributed by atoms with Gasteiger partial charge in [0.25, 0.3) is 0 Å². The topological polar surface area (TPSA) is 12.4 Å². The average Bonchev–Trinajstić information content (AvgIpc) is 2.36. The maximum Gasteiger partial charge on any atom is 0.416 e. The maximum absolute atomic E-state index is 12.4. The van der Waals surface area contributed by atoms with Gasteiger partial charge in [-0.2, -0.15) is 13.2 Å². The van der Waals surface area contributed by atoms with Crippen molar-refractivity contribution < 1.29 is 13.2 Å². The van der Waals surface area contributed by atoms with Crippen LogP contribution in [0, 0.1) is 0 Å². The molecule has 1 aromatic carbocycles. The van der Waals surface area contributed by atoms with Crippen LogP contribution in [0.15, 0.2) is 40.5 Å². The average molecular weight is 269 g/mol. The number of nitrogens with zero attached hydrogens (tertiary/aromatic N) is 1. The Kier molecular flexibility index (Phi) is 4.92. The summed E-state index contributed by atoms with van der Waals surface area (Å²) in [4.78, 5) is 4.42. The summed E-state index contributed by atoms with van der Waals surface area (Å²) in [6.45, 7) is 7.75. The van der Waals surface area contributed by atoms with Gasteiger partial charge < -0.3 is 0 Å². The van der Waals surface area contributed by atoms with E-state index in [0.29, 0.717) is 5.56 Å². The zero-order valence-corrected chi connectivity index (χ0v) is 11.6. The summed E-state index contributed by atoms with van der Waals surface area (Å²) in [5.41, 5.74) is 2.88. The number of benzene rings is 1. The summed E-state index contributed by atoms with van der Waals surface area (Å²) >= 11 is 0. The van der Waals surface area contributed by atoms with Crippen molar-refractivity contribution in [2.24, 2.45) is 4.99 Å². The first-order chi connectivity index (χ1) is 8.75. The molecular weight excluding hydrogens is 251 g/mol. The minimum atomic E-state index is -4.29. The molecule has 0 spiro atoms. The molecule has 0 aliphatic heterocycles. The van der Waals surface area contributed by atoms with E-state index in [4.69, 9.17) is 0 Å². The molecule has 0 unspecified atom stereocenters. The first kappa shape index (κ1) is 15.5. The van der Waals surface area contributed by atoms with Crippen LogP contribution in [-0.4, -0.2) is 5.71 Å². The normalized spacial score (nSPS) is 14.4. The van der Waals surface area contributed by atoms with Crippen molar-refractivity contribution in [3.63, 3.8) is 0 Å². The van der Waals surface area contributed by atoms with Gasteiger partial charge in [0.05, 0.1) is 5.56 Å². The fourth-order valence-corrected chi connectivity index (χ4v) is 1.57. The zero-order chi connectivity index (χ0) is 14.6. The van der Waals surface area contributed by atoms with Crippen molar-refractivity contribution in [2.75, 3.05) is 0 Å². The SMILES string of the molecule is CC/C(C)=C(C)/N=C(\C)c1ccc(C(F)(F)F)cc1. The Hall–Kier alpha value is -1.58. The van der Waals surface area contributed by atoms with E-state index in [-0.39, 0.29) is 0 Å². The molecule has 0 saturated heterocycles. The van der Waals surface area contributed by atoms with Gasteiger partial charge in [-0.15, -0.1) is 0 Å². The summed E-state index contributed by atoms with van der Waals surface area (Å²) in [5.74, 6) is 0. The number of hydrogen-bond donors (Lipinski definition) is 0. The van der Waals surface area contributed by atoms with Crippen LogP contribution >= 0.6 is 0 Å². The van der Waals surface area contributed by atoms with Crippen LogP contribution in [0.5, 0.6) is 0 Å². The van der Waals surface area contributed by atoms with Gasteiger partial charge in [0.1, 0.15) is 0 Å². The number of hydrogen-bond acceptors (Lipinski definition) is 1. The van der Waals surface area contributed by atoms with E-state index >= 15 is 0 Å². The van der Waals surface area contributed by atoms with Crippen molar-refractivity contribution in [3.05, 3.63) is 46.7 Å². The highest BCUT2D eigenvalue weighted by atomic mass is 19.4. The molecule has 0 heterocycles. The van der Waals surface area contributed by atoms with Gasteiger partial charge in [-0.1, -0.05) is 24.6 Å². The molecule has 0 saturated carbocycles. The molecule has 0 atom stereocenters. The summed E-state index contributed by atoms with van der Waals surface area (Å²) in [7, 11) is 0. The lowest BCUT2D eigenvalue weighted by Crippen LogP contribution is -2.05. The third-order valence-corrected chi connectivity index (χ3v) is 3.11. The minimum absolute atomic E-state index is 0.638. The van der Waals surface area contributed by atoms with Crippen molar-refractivity contribution in [1.82, 2.24) is 0 Å². The summed E-state index contributed by atoms with van der Waals surface area (Å²) < 4.78 is 37.3. The highest BCUT2D eigenvalue weighted by molar-refractivity contribution is 5.99. The number of rotatable bonds is 3. The molecule has 19 heavy (non-hydrogen) atoms. The number of alkyl halides is 3. The predicted molar refractivity (Wildman–Crippen MR) is 72.3 cm³/mol. The summed E-state index contributed by atoms with van der Waals surface area (Å²) in [6, 6.07) is 5.08. The van der Waals surface area contributed by atoms with Gasteiger partial charge in [0.2, 0.25) is 0 Å². The molecule has 0 bridgehead atoms. The molecule has 1 rings (SSSR count).